The molecule has 0 fully saturated rings. The largest absolute Gasteiger partial charge is 0.271 e. The van der Waals surface area contributed by atoms with Crippen LogP contribution in [-0.2, 0) is 0 Å². The van der Waals surface area contributed by atoms with E-state index in [1.54, 1.807) is 19.4 Å². The predicted molar refractivity (Wildman–Crippen MR) is 73.2 cm³/mol. The van der Waals surface area contributed by atoms with Crippen molar-refractivity contribution in [3.8, 4) is 6.19 Å². The Morgan fingerprint density at radius 3 is 2.88 bits per heavy atom. The number of nitrogens with one attached hydrogen (secondary N) is 1. The first kappa shape index (κ1) is 14.3. The third-order valence-corrected chi connectivity index (χ3v) is 3.78. The number of hydrogen-bond donors (Lipinski definition) is 1. The molecule has 0 aliphatic rings. The van der Waals surface area contributed by atoms with Gasteiger partial charge in [0.1, 0.15) is 5.82 Å². The number of amidine groups is 1. The molecule has 0 saturated carbocycles. The van der Waals surface area contributed by atoms with Gasteiger partial charge in [0.15, 0.2) is 11.4 Å². The molecular formula is C10H8BrClFN3S. The maximum absolute atomic E-state index is 13.4. The molecule has 0 aliphatic heterocycles. The summed E-state index contributed by atoms with van der Waals surface area (Å²) in [5, 5.41) is 11.5. The summed E-state index contributed by atoms with van der Waals surface area (Å²) in [5.74, 6) is -0.403. The van der Waals surface area contributed by atoms with Gasteiger partial charge in [0.05, 0.1) is 15.2 Å². The lowest BCUT2D eigenvalue weighted by Gasteiger charge is -2.08. The summed E-state index contributed by atoms with van der Waals surface area (Å²) in [7, 11) is 0. The second-order valence-electron chi connectivity index (χ2n) is 2.99. The highest BCUT2D eigenvalue weighted by Crippen LogP contribution is 2.37. The summed E-state index contributed by atoms with van der Waals surface area (Å²) in [5.41, 5.74) is 0.822. The van der Waals surface area contributed by atoms with E-state index in [2.05, 4.69) is 26.2 Å². The molecule has 0 bridgehead atoms. The van der Waals surface area contributed by atoms with Gasteiger partial charge in [0, 0.05) is 5.56 Å². The molecule has 0 heterocycles. The van der Waals surface area contributed by atoms with Crippen LogP contribution in [0.5, 0.6) is 0 Å². The van der Waals surface area contributed by atoms with Gasteiger partial charge in [-0.3, -0.25) is 5.32 Å². The van der Waals surface area contributed by atoms with Crippen LogP contribution in [-0.4, -0.2) is 11.4 Å². The number of rotatable bonds is 1. The van der Waals surface area contributed by atoms with E-state index >= 15 is 0 Å². The van der Waals surface area contributed by atoms with E-state index in [0.29, 0.717) is 20.9 Å². The maximum atomic E-state index is 13.4. The van der Waals surface area contributed by atoms with E-state index in [4.69, 9.17) is 16.9 Å². The van der Waals surface area contributed by atoms with Crippen LogP contribution in [0.3, 0.4) is 0 Å². The van der Waals surface area contributed by atoms with Gasteiger partial charge in [0.2, 0.25) is 0 Å². The molecule has 0 spiro atoms. The van der Waals surface area contributed by atoms with Crippen LogP contribution in [0.2, 0.25) is 5.02 Å². The summed E-state index contributed by atoms with van der Waals surface area (Å²) in [6.45, 7) is 1.62. The van der Waals surface area contributed by atoms with Crippen LogP contribution < -0.4 is 5.32 Å². The van der Waals surface area contributed by atoms with Crippen molar-refractivity contribution >= 4 is 50.1 Å². The molecule has 7 heteroatoms. The number of aliphatic imine (C=N–C) groups is 1. The Hall–Kier alpha value is -0.770. The van der Waals surface area contributed by atoms with Crippen LogP contribution in [0, 0.1) is 24.2 Å². The molecule has 1 N–H and O–H groups in total. The standard InChI is InChI=1S/C10H8BrClFN3S/c1-5-7(13)3-6(12)9(8(5)11)16-10(17-2)15-4-14/h3H,1-2H3,(H,15,16). The minimum absolute atomic E-state index is 0.186. The minimum Gasteiger partial charge on any atom is -0.271 e. The molecule has 0 saturated heterocycles. The third-order valence-electron chi connectivity index (χ3n) is 1.94. The highest BCUT2D eigenvalue weighted by atomic mass is 79.9. The van der Waals surface area contributed by atoms with E-state index in [0.717, 1.165) is 0 Å². The van der Waals surface area contributed by atoms with E-state index in [1.165, 1.54) is 17.8 Å². The lowest BCUT2D eigenvalue weighted by atomic mass is 10.2. The van der Waals surface area contributed by atoms with Crippen LogP contribution in [0.15, 0.2) is 15.5 Å². The number of hydrogen-bond acceptors (Lipinski definition) is 3. The minimum atomic E-state index is -0.403. The number of nitriles is 1. The molecule has 1 aromatic carbocycles. The maximum Gasteiger partial charge on any atom is 0.183 e. The van der Waals surface area contributed by atoms with Gasteiger partial charge in [-0.2, -0.15) is 5.26 Å². The van der Waals surface area contributed by atoms with Crippen molar-refractivity contribution in [2.75, 3.05) is 6.26 Å². The third kappa shape index (κ3) is 3.35. The summed E-state index contributed by atoms with van der Waals surface area (Å²) >= 11 is 10.4. The van der Waals surface area contributed by atoms with Crippen molar-refractivity contribution in [1.82, 2.24) is 5.32 Å². The Balaban J connectivity index is 3.33. The fourth-order valence-electron chi connectivity index (χ4n) is 1.05. The van der Waals surface area contributed by atoms with Gasteiger partial charge in [-0.1, -0.05) is 23.4 Å². The molecule has 0 aliphatic carbocycles. The molecule has 17 heavy (non-hydrogen) atoms. The zero-order valence-corrected chi connectivity index (χ0v) is 12.2. The zero-order chi connectivity index (χ0) is 13.0. The quantitative estimate of drug-likeness (QED) is 0.365. The first-order valence-corrected chi connectivity index (χ1v) is 6.82. The summed E-state index contributed by atoms with van der Waals surface area (Å²) in [6.07, 6.45) is 3.54. The van der Waals surface area contributed by atoms with Gasteiger partial charge >= 0.3 is 0 Å². The average molecular weight is 337 g/mol. The number of benzene rings is 1. The Kier molecular flexibility index (Phi) is 5.25. The molecule has 1 aromatic rings. The van der Waals surface area contributed by atoms with Crippen LogP contribution in [0.25, 0.3) is 0 Å². The SMILES string of the molecule is CSC(=Nc1c(Cl)cc(F)c(C)c1Br)NC#N. The summed E-state index contributed by atoms with van der Waals surface area (Å²) in [4.78, 5) is 4.17. The van der Waals surface area contributed by atoms with Gasteiger partial charge in [-0.25, -0.2) is 9.38 Å². The zero-order valence-electron chi connectivity index (χ0n) is 9.01. The van der Waals surface area contributed by atoms with Crippen molar-refractivity contribution in [3.63, 3.8) is 0 Å². The lowest BCUT2D eigenvalue weighted by Crippen LogP contribution is -2.12. The number of halogens is 3. The van der Waals surface area contributed by atoms with Crippen molar-refractivity contribution in [2.24, 2.45) is 4.99 Å². The Bertz CT molecular complexity index is 513. The molecule has 1 rings (SSSR count). The Morgan fingerprint density at radius 2 is 2.35 bits per heavy atom. The Labute approximate surface area is 116 Å². The average Bonchev–Trinajstić information content (AvgIpc) is 2.30. The summed E-state index contributed by atoms with van der Waals surface area (Å²) < 4.78 is 13.8. The van der Waals surface area contributed by atoms with Crippen LogP contribution >= 0.6 is 39.3 Å². The normalized spacial score (nSPS) is 11.2. The van der Waals surface area contributed by atoms with Crippen LogP contribution in [0.4, 0.5) is 10.1 Å². The van der Waals surface area contributed by atoms with Gasteiger partial charge in [-0.15, -0.1) is 0 Å². The second-order valence-corrected chi connectivity index (χ2v) is 4.98. The van der Waals surface area contributed by atoms with Crippen molar-refractivity contribution in [2.45, 2.75) is 6.92 Å². The molecular weight excluding hydrogens is 329 g/mol. The first-order valence-electron chi connectivity index (χ1n) is 4.43. The van der Waals surface area contributed by atoms with Crippen molar-refractivity contribution < 1.29 is 4.39 Å². The van der Waals surface area contributed by atoms with Gasteiger partial charge < -0.3 is 0 Å². The highest BCUT2D eigenvalue weighted by Gasteiger charge is 2.13. The number of nitrogens with zero attached hydrogens (tertiary/aromatic N) is 2. The molecule has 90 valence electrons. The van der Waals surface area contributed by atoms with E-state index in [1.807, 2.05) is 0 Å². The monoisotopic (exact) mass is 335 g/mol. The molecule has 0 amide bonds. The molecule has 3 nitrogen and oxygen atoms in total. The Morgan fingerprint density at radius 1 is 1.71 bits per heavy atom. The predicted octanol–water partition coefficient (Wildman–Crippen LogP) is 3.97. The lowest BCUT2D eigenvalue weighted by molar-refractivity contribution is 0.617. The second kappa shape index (κ2) is 6.24. The van der Waals surface area contributed by atoms with Gasteiger partial charge in [-0.05, 0) is 35.2 Å². The van der Waals surface area contributed by atoms with Crippen molar-refractivity contribution in [1.29, 1.82) is 5.26 Å². The fraction of sp³-hybridized carbons (Fsp3) is 0.200. The fourth-order valence-corrected chi connectivity index (χ4v) is 2.22. The van der Waals surface area contributed by atoms with Crippen LogP contribution in [0.1, 0.15) is 5.56 Å². The molecule has 0 unspecified atom stereocenters. The molecule has 0 aromatic heterocycles. The van der Waals surface area contributed by atoms with E-state index < -0.39 is 5.82 Å². The van der Waals surface area contributed by atoms with E-state index in [9.17, 15) is 4.39 Å². The highest BCUT2D eigenvalue weighted by molar-refractivity contribution is 9.10. The summed E-state index contributed by atoms with van der Waals surface area (Å²) in [6, 6.07) is 1.20. The van der Waals surface area contributed by atoms with E-state index in [-0.39, 0.29) is 5.02 Å². The van der Waals surface area contributed by atoms with Crippen molar-refractivity contribution in [3.05, 3.63) is 26.9 Å². The molecule has 0 atom stereocenters. The first-order chi connectivity index (χ1) is 8.01. The number of thioether (sulfide) groups is 1. The smallest absolute Gasteiger partial charge is 0.183 e. The van der Waals surface area contributed by atoms with Gasteiger partial charge in [0.25, 0.3) is 0 Å². The topological polar surface area (TPSA) is 48.2 Å². The molecule has 0 radical (unpaired) electrons.